The van der Waals surface area contributed by atoms with Crippen molar-refractivity contribution in [3.05, 3.63) is 29.6 Å². The maximum atomic E-state index is 13.1. The standard InChI is InChI=1S/C17H21FN4O3/c1-11-9-12(18)5-6-13(11)19-10-14(23)21-22-15(24)17(20-16(22)25)7-3-2-4-8-17/h5-6,9,19H,2-4,7-8,10H2,1H3,(H,20,25)(H,21,23). The first-order valence-electron chi connectivity index (χ1n) is 8.37. The fourth-order valence-electron chi connectivity index (χ4n) is 3.38. The number of rotatable bonds is 4. The molecule has 0 aromatic heterocycles. The van der Waals surface area contributed by atoms with Crippen LogP contribution in [0.2, 0.25) is 0 Å². The van der Waals surface area contributed by atoms with Crippen molar-refractivity contribution in [3.63, 3.8) is 0 Å². The second-order valence-electron chi connectivity index (χ2n) is 6.56. The first-order chi connectivity index (χ1) is 11.9. The molecule has 1 aromatic rings. The van der Waals surface area contributed by atoms with Crippen molar-refractivity contribution in [2.75, 3.05) is 11.9 Å². The molecule has 3 N–H and O–H groups in total. The second-order valence-corrected chi connectivity index (χ2v) is 6.56. The van der Waals surface area contributed by atoms with Crippen LogP contribution in [0.5, 0.6) is 0 Å². The molecule has 7 nitrogen and oxygen atoms in total. The first kappa shape index (κ1) is 17.2. The molecule has 0 unspecified atom stereocenters. The molecule has 1 aromatic carbocycles. The Morgan fingerprint density at radius 2 is 2.00 bits per heavy atom. The maximum Gasteiger partial charge on any atom is 0.344 e. The van der Waals surface area contributed by atoms with Gasteiger partial charge in [0, 0.05) is 5.69 Å². The summed E-state index contributed by atoms with van der Waals surface area (Å²) in [5.41, 5.74) is 2.74. The number of urea groups is 1. The van der Waals surface area contributed by atoms with E-state index in [1.54, 1.807) is 6.92 Å². The summed E-state index contributed by atoms with van der Waals surface area (Å²) < 4.78 is 13.1. The number of anilines is 1. The molecule has 1 heterocycles. The van der Waals surface area contributed by atoms with Gasteiger partial charge in [-0.25, -0.2) is 9.18 Å². The Labute approximate surface area is 144 Å². The number of carbonyl (C=O) groups excluding carboxylic acids is 3. The molecular formula is C17H21FN4O3. The number of carbonyl (C=O) groups is 3. The van der Waals surface area contributed by atoms with Gasteiger partial charge in [0.15, 0.2) is 0 Å². The molecule has 25 heavy (non-hydrogen) atoms. The van der Waals surface area contributed by atoms with Crippen molar-refractivity contribution in [1.82, 2.24) is 15.8 Å². The van der Waals surface area contributed by atoms with Crippen molar-refractivity contribution in [2.24, 2.45) is 0 Å². The quantitative estimate of drug-likeness (QED) is 0.724. The number of nitrogens with one attached hydrogen (secondary N) is 3. The third-order valence-electron chi connectivity index (χ3n) is 4.73. The first-order valence-corrected chi connectivity index (χ1v) is 8.37. The van der Waals surface area contributed by atoms with Crippen LogP contribution in [0.15, 0.2) is 18.2 Å². The minimum absolute atomic E-state index is 0.142. The second kappa shape index (κ2) is 6.70. The largest absolute Gasteiger partial charge is 0.376 e. The van der Waals surface area contributed by atoms with Gasteiger partial charge in [0.25, 0.3) is 11.8 Å². The highest BCUT2D eigenvalue weighted by Crippen LogP contribution is 2.32. The van der Waals surface area contributed by atoms with Gasteiger partial charge in [-0.1, -0.05) is 19.3 Å². The number of hydrazine groups is 1. The summed E-state index contributed by atoms with van der Waals surface area (Å²) in [6, 6.07) is 3.57. The van der Waals surface area contributed by atoms with Crippen LogP contribution in [0.3, 0.4) is 0 Å². The molecule has 1 saturated heterocycles. The molecule has 0 radical (unpaired) electrons. The van der Waals surface area contributed by atoms with Gasteiger partial charge in [-0.15, -0.1) is 0 Å². The number of halogens is 1. The lowest BCUT2D eigenvalue weighted by Crippen LogP contribution is -2.51. The highest BCUT2D eigenvalue weighted by atomic mass is 19.1. The third-order valence-corrected chi connectivity index (χ3v) is 4.73. The van der Waals surface area contributed by atoms with Crippen LogP contribution in [0.25, 0.3) is 0 Å². The van der Waals surface area contributed by atoms with Gasteiger partial charge >= 0.3 is 6.03 Å². The lowest BCUT2D eigenvalue weighted by atomic mass is 9.82. The molecule has 1 spiro atoms. The number of benzene rings is 1. The van der Waals surface area contributed by atoms with Crippen LogP contribution in [0.4, 0.5) is 14.9 Å². The van der Waals surface area contributed by atoms with E-state index >= 15 is 0 Å². The number of amides is 4. The Hall–Kier alpha value is -2.64. The zero-order chi connectivity index (χ0) is 18.0. The molecular weight excluding hydrogens is 327 g/mol. The summed E-state index contributed by atoms with van der Waals surface area (Å²) in [7, 11) is 0. The fraction of sp³-hybridized carbons (Fsp3) is 0.471. The summed E-state index contributed by atoms with van der Waals surface area (Å²) in [5, 5.41) is 6.36. The highest BCUT2D eigenvalue weighted by molar-refractivity contribution is 6.08. The SMILES string of the molecule is Cc1cc(F)ccc1NCC(=O)NN1C(=O)NC2(CCCCC2)C1=O. The summed E-state index contributed by atoms with van der Waals surface area (Å²) in [5.74, 6) is -1.28. The van der Waals surface area contributed by atoms with E-state index in [0.29, 0.717) is 24.1 Å². The lowest BCUT2D eigenvalue weighted by Gasteiger charge is -2.30. The van der Waals surface area contributed by atoms with Crippen LogP contribution < -0.4 is 16.1 Å². The van der Waals surface area contributed by atoms with E-state index in [4.69, 9.17) is 0 Å². The predicted molar refractivity (Wildman–Crippen MR) is 89.0 cm³/mol. The van der Waals surface area contributed by atoms with E-state index in [9.17, 15) is 18.8 Å². The zero-order valence-electron chi connectivity index (χ0n) is 14.0. The summed E-state index contributed by atoms with van der Waals surface area (Å²) in [4.78, 5) is 36.7. The topological polar surface area (TPSA) is 90.5 Å². The molecule has 4 amide bonds. The lowest BCUT2D eigenvalue weighted by molar-refractivity contribution is -0.139. The number of nitrogens with zero attached hydrogens (tertiary/aromatic N) is 1. The average Bonchev–Trinajstić information content (AvgIpc) is 2.79. The fourth-order valence-corrected chi connectivity index (χ4v) is 3.38. The third kappa shape index (κ3) is 3.42. The number of aryl methyl sites for hydroxylation is 1. The Morgan fingerprint density at radius 1 is 1.28 bits per heavy atom. The van der Waals surface area contributed by atoms with Crippen molar-refractivity contribution in [2.45, 2.75) is 44.6 Å². The van der Waals surface area contributed by atoms with Crippen molar-refractivity contribution >= 4 is 23.5 Å². The van der Waals surface area contributed by atoms with Gasteiger partial charge in [-0.05, 0) is 43.5 Å². The molecule has 1 saturated carbocycles. The van der Waals surface area contributed by atoms with E-state index in [0.717, 1.165) is 24.3 Å². The minimum atomic E-state index is -0.871. The monoisotopic (exact) mass is 348 g/mol. The van der Waals surface area contributed by atoms with Gasteiger partial charge in [-0.3, -0.25) is 15.0 Å². The molecule has 134 valence electrons. The van der Waals surface area contributed by atoms with E-state index < -0.39 is 23.4 Å². The van der Waals surface area contributed by atoms with Crippen LogP contribution >= 0.6 is 0 Å². The molecule has 2 fully saturated rings. The average molecular weight is 348 g/mol. The van der Waals surface area contributed by atoms with Crippen LogP contribution in [0.1, 0.15) is 37.7 Å². The maximum absolute atomic E-state index is 13.1. The van der Waals surface area contributed by atoms with Crippen molar-refractivity contribution in [3.8, 4) is 0 Å². The predicted octanol–water partition coefficient (Wildman–Crippen LogP) is 1.83. The number of hydrogen-bond donors (Lipinski definition) is 3. The normalized spacial score (nSPS) is 19.0. The van der Waals surface area contributed by atoms with E-state index in [2.05, 4.69) is 16.1 Å². The highest BCUT2D eigenvalue weighted by Gasteiger charge is 2.52. The minimum Gasteiger partial charge on any atom is -0.376 e. The van der Waals surface area contributed by atoms with Gasteiger partial charge in [0.2, 0.25) is 0 Å². The van der Waals surface area contributed by atoms with Crippen molar-refractivity contribution < 1.29 is 18.8 Å². The smallest absolute Gasteiger partial charge is 0.344 e. The molecule has 2 aliphatic rings. The van der Waals surface area contributed by atoms with Crippen LogP contribution in [0, 0.1) is 12.7 Å². The summed E-state index contributed by atoms with van der Waals surface area (Å²) >= 11 is 0. The zero-order valence-corrected chi connectivity index (χ0v) is 14.0. The van der Waals surface area contributed by atoms with E-state index in [1.807, 2.05) is 0 Å². The van der Waals surface area contributed by atoms with Gasteiger partial charge in [0.05, 0.1) is 6.54 Å². The van der Waals surface area contributed by atoms with Gasteiger partial charge < -0.3 is 10.6 Å². The molecule has 3 rings (SSSR count). The van der Waals surface area contributed by atoms with Crippen LogP contribution in [-0.2, 0) is 9.59 Å². The van der Waals surface area contributed by atoms with E-state index in [-0.39, 0.29) is 12.4 Å². The van der Waals surface area contributed by atoms with Crippen molar-refractivity contribution in [1.29, 1.82) is 0 Å². The Bertz CT molecular complexity index is 716. The summed E-state index contributed by atoms with van der Waals surface area (Å²) in [6.45, 7) is 1.57. The van der Waals surface area contributed by atoms with Crippen LogP contribution in [-0.4, -0.2) is 34.9 Å². The van der Waals surface area contributed by atoms with Gasteiger partial charge in [0.1, 0.15) is 11.4 Å². The molecule has 1 aliphatic heterocycles. The van der Waals surface area contributed by atoms with E-state index in [1.165, 1.54) is 18.2 Å². The Morgan fingerprint density at radius 3 is 2.68 bits per heavy atom. The number of imide groups is 1. The van der Waals surface area contributed by atoms with Gasteiger partial charge in [-0.2, -0.15) is 5.01 Å². The molecule has 0 atom stereocenters. The number of hydrogen-bond acceptors (Lipinski definition) is 4. The summed E-state index contributed by atoms with van der Waals surface area (Å²) in [6.07, 6.45) is 3.98. The molecule has 8 heteroatoms. The Kier molecular flexibility index (Phi) is 4.61. The Balaban J connectivity index is 1.59. The molecule has 1 aliphatic carbocycles. The molecule has 0 bridgehead atoms.